The summed E-state index contributed by atoms with van der Waals surface area (Å²) in [5, 5.41) is 0. The molecule has 0 unspecified atom stereocenters. The van der Waals surface area contributed by atoms with Gasteiger partial charge in [-0.2, -0.15) is 0 Å². The third kappa shape index (κ3) is 45.4. The van der Waals surface area contributed by atoms with Gasteiger partial charge in [-0.1, -0.05) is 189 Å². The summed E-state index contributed by atoms with van der Waals surface area (Å²) in [5.41, 5.74) is 0. The maximum atomic E-state index is 12.7. The molecule has 340 valence electrons. The summed E-state index contributed by atoms with van der Waals surface area (Å²) >= 11 is 0. The van der Waals surface area contributed by atoms with Crippen molar-refractivity contribution in [2.75, 3.05) is 13.2 Å². The minimum Gasteiger partial charge on any atom is -0.462 e. The summed E-state index contributed by atoms with van der Waals surface area (Å²) in [7, 11) is 0. The van der Waals surface area contributed by atoms with E-state index in [1.165, 1.54) is 70.6 Å². The number of allylic oxidation sites excluding steroid dienone is 16. The highest BCUT2D eigenvalue weighted by Gasteiger charge is 2.19. The maximum absolute atomic E-state index is 12.7. The fourth-order valence-electron chi connectivity index (χ4n) is 6.19. The molecule has 6 heteroatoms. The lowest BCUT2D eigenvalue weighted by Crippen LogP contribution is -2.30. The van der Waals surface area contributed by atoms with Gasteiger partial charge in [-0.15, -0.1) is 0 Å². The number of hydrogen-bond acceptors (Lipinski definition) is 6. The van der Waals surface area contributed by atoms with Crippen LogP contribution in [0.3, 0.4) is 0 Å². The fourth-order valence-corrected chi connectivity index (χ4v) is 6.19. The molecule has 0 aromatic carbocycles. The van der Waals surface area contributed by atoms with Crippen LogP contribution in [-0.2, 0) is 28.6 Å². The second kappa shape index (κ2) is 48.0. The molecule has 0 amide bonds. The summed E-state index contributed by atoms with van der Waals surface area (Å²) in [6, 6.07) is 0. The van der Waals surface area contributed by atoms with Crippen molar-refractivity contribution in [1.29, 1.82) is 0 Å². The zero-order valence-corrected chi connectivity index (χ0v) is 38.7. The molecule has 60 heavy (non-hydrogen) atoms. The summed E-state index contributed by atoms with van der Waals surface area (Å²) in [4.78, 5) is 37.8. The van der Waals surface area contributed by atoms with E-state index in [4.69, 9.17) is 14.2 Å². The van der Waals surface area contributed by atoms with E-state index in [0.717, 1.165) is 83.5 Å². The van der Waals surface area contributed by atoms with Gasteiger partial charge in [0.1, 0.15) is 13.2 Å². The van der Waals surface area contributed by atoms with Gasteiger partial charge in [0.15, 0.2) is 6.10 Å². The van der Waals surface area contributed by atoms with Crippen molar-refractivity contribution in [2.24, 2.45) is 0 Å². The average molecular weight is 833 g/mol. The Hall–Kier alpha value is -3.67. The van der Waals surface area contributed by atoms with Gasteiger partial charge in [0.2, 0.25) is 0 Å². The van der Waals surface area contributed by atoms with E-state index in [-0.39, 0.29) is 44.0 Å². The molecule has 0 aromatic heterocycles. The molecule has 0 aliphatic carbocycles. The van der Waals surface area contributed by atoms with Crippen LogP contribution in [0.2, 0.25) is 0 Å². The van der Waals surface area contributed by atoms with Crippen LogP contribution >= 0.6 is 0 Å². The Labute approximate surface area is 368 Å². The molecule has 0 N–H and O–H groups in total. The van der Waals surface area contributed by atoms with Gasteiger partial charge < -0.3 is 14.2 Å². The van der Waals surface area contributed by atoms with Crippen molar-refractivity contribution in [1.82, 2.24) is 0 Å². The first-order valence-corrected chi connectivity index (χ1v) is 24.2. The van der Waals surface area contributed by atoms with Crippen molar-refractivity contribution in [2.45, 2.75) is 213 Å². The molecule has 0 saturated carbocycles. The summed E-state index contributed by atoms with van der Waals surface area (Å²) < 4.78 is 16.7. The minimum atomic E-state index is -0.818. The van der Waals surface area contributed by atoms with Crippen LogP contribution in [0.25, 0.3) is 0 Å². The summed E-state index contributed by atoms with van der Waals surface area (Å²) in [6.45, 7) is 6.38. The first-order valence-electron chi connectivity index (χ1n) is 24.2. The highest BCUT2D eigenvalue weighted by Crippen LogP contribution is 2.13. The largest absolute Gasteiger partial charge is 0.462 e. The van der Waals surface area contributed by atoms with Gasteiger partial charge in [-0.3, -0.25) is 14.4 Å². The fraction of sp³-hybridized carbons (Fsp3) is 0.648. The first kappa shape index (κ1) is 56.3. The topological polar surface area (TPSA) is 78.9 Å². The van der Waals surface area contributed by atoms with Crippen LogP contribution in [0, 0.1) is 0 Å². The molecule has 0 aromatic rings. The van der Waals surface area contributed by atoms with Gasteiger partial charge in [0, 0.05) is 19.3 Å². The van der Waals surface area contributed by atoms with Crippen LogP contribution in [0.1, 0.15) is 207 Å². The predicted octanol–water partition coefficient (Wildman–Crippen LogP) is 15.8. The molecule has 0 aliphatic rings. The van der Waals surface area contributed by atoms with E-state index in [1.54, 1.807) is 0 Å². The lowest BCUT2D eigenvalue weighted by atomic mass is 10.1. The van der Waals surface area contributed by atoms with Crippen LogP contribution in [0.15, 0.2) is 97.2 Å². The maximum Gasteiger partial charge on any atom is 0.306 e. The summed E-state index contributed by atoms with van der Waals surface area (Å²) in [5.74, 6) is -1.02. The molecule has 0 radical (unpaired) electrons. The molecule has 0 rings (SSSR count). The van der Waals surface area contributed by atoms with Crippen molar-refractivity contribution in [3.63, 3.8) is 0 Å². The highest BCUT2D eigenvalue weighted by atomic mass is 16.6. The average Bonchev–Trinajstić information content (AvgIpc) is 3.24. The standard InChI is InChI=1S/C54H88O6/c1-4-7-10-13-16-19-22-24-26-27-29-30-32-35-38-41-44-47-53(56)59-50-51(49-58-52(55)46-43-40-37-34-21-18-15-12-9-6-3)60-54(57)48-45-42-39-36-33-31-28-25-23-20-17-14-11-8-5-2/h7,10,16-17,19-20,24-26,28-30,33,35-36,38,51H,4-6,8-9,11-15,18,21-23,27,31-32,34,37,39-50H2,1-3H3/b10-7-,19-16-,20-17-,26-24-,28-25-,30-29-,36-33-,38-35-/t51-/m1/s1. The molecular weight excluding hydrogens is 745 g/mol. The van der Waals surface area contributed by atoms with Crippen molar-refractivity contribution in [3.8, 4) is 0 Å². The quantitative estimate of drug-likeness (QED) is 0.0264. The van der Waals surface area contributed by atoms with Crippen molar-refractivity contribution >= 4 is 17.9 Å². The van der Waals surface area contributed by atoms with Crippen LogP contribution in [-0.4, -0.2) is 37.2 Å². The van der Waals surface area contributed by atoms with E-state index in [1.807, 2.05) is 0 Å². The molecule has 0 spiro atoms. The zero-order valence-electron chi connectivity index (χ0n) is 38.7. The Bertz CT molecular complexity index is 1230. The Kier molecular flexibility index (Phi) is 45.1. The van der Waals surface area contributed by atoms with Crippen LogP contribution in [0.5, 0.6) is 0 Å². The first-order chi connectivity index (χ1) is 29.5. The molecule has 1 atom stereocenters. The molecule has 6 nitrogen and oxygen atoms in total. The SMILES string of the molecule is CC/C=C\C/C=C\C/C=C\C/C=C\C/C=C\CCCC(=O)OC[C@@H](COC(=O)CCCCCCCCCCCC)OC(=O)CCCC/C=C\C/C=C\C/C=C\CCCCC. The second-order valence-corrected chi connectivity index (χ2v) is 15.6. The number of unbranched alkanes of at least 4 members (excludes halogenated alkanes) is 15. The van der Waals surface area contributed by atoms with E-state index < -0.39 is 6.10 Å². The number of rotatable bonds is 42. The normalized spacial score (nSPS) is 12.9. The third-order valence-corrected chi connectivity index (χ3v) is 9.82. The number of carbonyl (C=O) groups is 3. The number of ether oxygens (including phenoxy) is 3. The number of hydrogen-bond donors (Lipinski definition) is 0. The molecule has 0 fully saturated rings. The summed E-state index contributed by atoms with van der Waals surface area (Å²) in [6.07, 6.45) is 62.5. The van der Waals surface area contributed by atoms with E-state index in [0.29, 0.717) is 19.3 Å². The van der Waals surface area contributed by atoms with Crippen LogP contribution < -0.4 is 0 Å². The lowest BCUT2D eigenvalue weighted by molar-refractivity contribution is -0.167. The molecule has 0 saturated heterocycles. The van der Waals surface area contributed by atoms with Crippen molar-refractivity contribution < 1.29 is 28.6 Å². The second-order valence-electron chi connectivity index (χ2n) is 15.6. The molecule has 0 aliphatic heterocycles. The van der Waals surface area contributed by atoms with Gasteiger partial charge in [-0.05, 0) is 96.3 Å². The van der Waals surface area contributed by atoms with Crippen LogP contribution in [0.4, 0.5) is 0 Å². The van der Waals surface area contributed by atoms with Gasteiger partial charge >= 0.3 is 17.9 Å². The molecule has 0 heterocycles. The third-order valence-electron chi connectivity index (χ3n) is 9.82. The Morgan fingerprint density at radius 3 is 1.12 bits per heavy atom. The lowest BCUT2D eigenvalue weighted by Gasteiger charge is -2.18. The monoisotopic (exact) mass is 833 g/mol. The predicted molar refractivity (Wildman–Crippen MR) is 256 cm³/mol. The Morgan fingerprint density at radius 2 is 0.667 bits per heavy atom. The van der Waals surface area contributed by atoms with E-state index >= 15 is 0 Å². The van der Waals surface area contributed by atoms with Gasteiger partial charge in [-0.25, -0.2) is 0 Å². The van der Waals surface area contributed by atoms with E-state index in [2.05, 4.69) is 118 Å². The van der Waals surface area contributed by atoms with E-state index in [9.17, 15) is 14.4 Å². The highest BCUT2D eigenvalue weighted by molar-refractivity contribution is 5.71. The van der Waals surface area contributed by atoms with Crippen molar-refractivity contribution in [3.05, 3.63) is 97.2 Å². The van der Waals surface area contributed by atoms with Gasteiger partial charge in [0.05, 0.1) is 0 Å². The smallest absolute Gasteiger partial charge is 0.306 e. The molecule has 0 bridgehead atoms. The Balaban J connectivity index is 4.54. The number of carbonyl (C=O) groups excluding carboxylic acids is 3. The van der Waals surface area contributed by atoms with Gasteiger partial charge in [0.25, 0.3) is 0 Å². The minimum absolute atomic E-state index is 0.111. The number of esters is 3. The molecular formula is C54H88O6. The zero-order chi connectivity index (χ0) is 43.7. The Morgan fingerprint density at radius 1 is 0.350 bits per heavy atom.